The van der Waals surface area contributed by atoms with Crippen molar-refractivity contribution in [3.05, 3.63) is 17.5 Å². The molecule has 0 radical (unpaired) electrons. The van der Waals surface area contributed by atoms with E-state index in [-0.39, 0.29) is 6.67 Å². The average Bonchev–Trinajstić information content (AvgIpc) is 2.61. The van der Waals surface area contributed by atoms with E-state index in [4.69, 9.17) is 0 Å². The van der Waals surface area contributed by atoms with Gasteiger partial charge in [0.2, 0.25) is 0 Å². The minimum absolute atomic E-state index is 0.214. The minimum atomic E-state index is -0.214. The van der Waals surface area contributed by atoms with Crippen LogP contribution in [0.3, 0.4) is 0 Å². The number of fused-ring (bicyclic) bond motifs is 1. The van der Waals surface area contributed by atoms with Crippen LogP contribution in [0.2, 0.25) is 0 Å². The van der Waals surface area contributed by atoms with Crippen LogP contribution in [0.4, 0.5) is 4.39 Å². The van der Waals surface area contributed by atoms with E-state index in [2.05, 4.69) is 15.1 Å². The lowest BCUT2D eigenvalue weighted by atomic mass is 10.1. The van der Waals surface area contributed by atoms with Crippen molar-refractivity contribution in [1.29, 1.82) is 0 Å². The van der Waals surface area contributed by atoms with Gasteiger partial charge in [-0.15, -0.1) is 0 Å². The molecule has 0 aromatic carbocycles. The Balaban J connectivity index is 1.93. The molecule has 0 saturated carbocycles. The van der Waals surface area contributed by atoms with Gasteiger partial charge in [0.15, 0.2) is 0 Å². The Morgan fingerprint density at radius 1 is 1.62 bits per heavy atom. The van der Waals surface area contributed by atoms with Gasteiger partial charge in [0.25, 0.3) is 0 Å². The molecule has 2 rings (SSSR count). The number of nitrogens with zero attached hydrogens (tertiary/aromatic N) is 2. The molecule has 3 nitrogen and oxygen atoms in total. The van der Waals surface area contributed by atoms with E-state index in [0.29, 0.717) is 6.42 Å². The molecule has 4 heteroatoms. The zero-order valence-electron chi connectivity index (χ0n) is 7.59. The zero-order chi connectivity index (χ0) is 9.10. The van der Waals surface area contributed by atoms with Gasteiger partial charge in [-0.25, -0.2) is 0 Å². The van der Waals surface area contributed by atoms with Crippen molar-refractivity contribution in [3.63, 3.8) is 0 Å². The van der Waals surface area contributed by atoms with Crippen LogP contribution in [0.1, 0.15) is 17.7 Å². The van der Waals surface area contributed by atoms with Crippen molar-refractivity contribution in [2.75, 3.05) is 19.8 Å². The molecule has 0 aliphatic carbocycles. The van der Waals surface area contributed by atoms with E-state index >= 15 is 0 Å². The number of hydrogen-bond acceptors (Lipinski definition) is 2. The standard InChI is InChI=1S/C9H14FN3/c10-3-1-4-13-5-2-9-8(7-13)6-11-12-9/h6H,1-5,7H2,(H,11,12). The van der Waals surface area contributed by atoms with Crippen molar-refractivity contribution >= 4 is 0 Å². The molecule has 0 amide bonds. The van der Waals surface area contributed by atoms with Gasteiger partial charge >= 0.3 is 0 Å². The Labute approximate surface area is 76.9 Å². The van der Waals surface area contributed by atoms with E-state index in [0.717, 1.165) is 26.1 Å². The van der Waals surface area contributed by atoms with Crippen LogP contribution in [0, 0.1) is 0 Å². The SMILES string of the molecule is FCCCN1CCc2[nH]ncc2C1. The van der Waals surface area contributed by atoms with Crippen LogP contribution in [0.5, 0.6) is 0 Å². The maximum absolute atomic E-state index is 11.9. The highest BCUT2D eigenvalue weighted by molar-refractivity contribution is 5.18. The van der Waals surface area contributed by atoms with Crippen molar-refractivity contribution in [3.8, 4) is 0 Å². The predicted molar refractivity (Wildman–Crippen MR) is 48.2 cm³/mol. The van der Waals surface area contributed by atoms with Crippen molar-refractivity contribution in [1.82, 2.24) is 15.1 Å². The lowest BCUT2D eigenvalue weighted by molar-refractivity contribution is 0.240. The number of alkyl halides is 1. The third kappa shape index (κ3) is 1.88. The predicted octanol–water partition coefficient (Wildman–Crippen LogP) is 1.13. The molecule has 0 saturated heterocycles. The summed E-state index contributed by atoms with van der Waals surface area (Å²) in [5.74, 6) is 0. The monoisotopic (exact) mass is 183 g/mol. The van der Waals surface area contributed by atoms with Gasteiger partial charge in [0, 0.05) is 37.3 Å². The van der Waals surface area contributed by atoms with Gasteiger partial charge in [0.1, 0.15) is 0 Å². The van der Waals surface area contributed by atoms with Gasteiger partial charge in [-0.1, -0.05) is 0 Å². The molecule has 1 aromatic heterocycles. The second kappa shape index (κ2) is 3.87. The third-order valence-electron chi connectivity index (χ3n) is 2.49. The Hall–Kier alpha value is -0.900. The Morgan fingerprint density at radius 3 is 3.38 bits per heavy atom. The highest BCUT2D eigenvalue weighted by Gasteiger charge is 2.16. The topological polar surface area (TPSA) is 31.9 Å². The molecule has 0 bridgehead atoms. The molecule has 0 spiro atoms. The van der Waals surface area contributed by atoms with Gasteiger partial charge in [-0.2, -0.15) is 5.10 Å². The molecule has 1 aliphatic heterocycles. The first kappa shape index (κ1) is 8.69. The molecule has 0 fully saturated rings. The van der Waals surface area contributed by atoms with E-state index < -0.39 is 0 Å². The first-order chi connectivity index (χ1) is 6.40. The number of nitrogens with one attached hydrogen (secondary N) is 1. The van der Waals surface area contributed by atoms with Crippen molar-refractivity contribution in [2.24, 2.45) is 0 Å². The first-order valence-electron chi connectivity index (χ1n) is 4.69. The average molecular weight is 183 g/mol. The Morgan fingerprint density at radius 2 is 2.54 bits per heavy atom. The molecule has 1 aromatic rings. The highest BCUT2D eigenvalue weighted by Crippen LogP contribution is 2.15. The highest BCUT2D eigenvalue weighted by atomic mass is 19.1. The lowest BCUT2D eigenvalue weighted by Gasteiger charge is -2.25. The smallest absolute Gasteiger partial charge is 0.0906 e. The summed E-state index contributed by atoms with van der Waals surface area (Å²) < 4.78 is 11.9. The molecular weight excluding hydrogens is 169 g/mol. The molecule has 72 valence electrons. The number of aromatic amines is 1. The van der Waals surface area contributed by atoms with Crippen LogP contribution < -0.4 is 0 Å². The van der Waals surface area contributed by atoms with Crippen LogP contribution in [0.15, 0.2) is 6.20 Å². The summed E-state index contributed by atoms with van der Waals surface area (Å²) in [6.07, 6.45) is 3.53. The summed E-state index contributed by atoms with van der Waals surface area (Å²) in [5.41, 5.74) is 2.52. The number of aromatic nitrogens is 2. The van der Waals surface area contributed by atoms with Crippen LogP contribution in [-0.4, -0.2) is 34.9 Å². The van der Waals surface area contributed by atoms with Crippen LogP contribution in [-0.2, 0) is 13.0 Å². The number of halogens is 1. The summed E-state index contributed by atoms with van der Waals surface area (Å²) >= 11 is 0. The quantitative estimate of drug-likeness (QED) is 0.761. The number of rotatable bonds is 3. The fourth-order valence-electron chi connectivity index (χ4n) is 1.75. The van der Waals surface area contributed by atoms with E-state index in [1.807, 2.05) is 6.20 Å². The van der Waals surface area contributed by atoms with Crippen molar-refractivity contribution < 1.29 is 4.39 Å². The molecule has 1 N–H and O–H groups in total. The summed E-state index contributed by atoms with van der Waals surface area (Å²) in [5, 5.41) is 6.98. The fraction of sp³-hybridized carbons (Fsp3) is 0.667. The Kier molecular flexibility index (Phi) is 2.59. The van der Waals surface area contributed by atoms with E-state index in [1.54, 1.807) is 0 Å². The second-order valence-electron chi connectivity index (χ2n) is 3.44. The first-order valence-corrected chi connectivity index (χ1v) is 4.69. The molecule has 2 heterocycles. The lowest BCUT2D eigenvalue weighted by Crippen LogP contribution is -2.31. The molecule has 1 aliphatic rings. The van der Waals surface area contributed by atoms with Crippen LogP contribution in [0.25, 0.3) is 0 Å². The van der Waals surface area contributed by atoms with E-state index in [9.17, 15) is 4.39 Å². The molecular formula is C9H14FN3. The van der Waals surface area contributed by atoms with Crippen molar-refractivity contribution in [2.45, 2.75) is 19.4 Å². The van der Waals surface area contributed by atoms with Crippen LogP contribution >= 0.6 is 0 Å². The number of H-pyrrole nitrogens is 1. The third-order valence-corrected chi connectivity index (χ3v) is 2.49. The fourth-order valence-corrected chi connectivity index (χ4v) is 1.75. The largest absolute Gasteiger partial charge is 0.298 e. The molecule has 0 unspecified atom stereocenters. The summed E-state index contributed by atoms with van der Waals surface area (Å²) in [7, 11) is 0. The summed E-state index contributed by atoms with van der Waals surface area (Å²) in [6, 6.07) is 0. The maximum Gasteiger partial charge on any atom is 0.0906 e. The van der Waals surface area contributed by atoms with E-state index in [1.165, 1.54) is 11.3 Å². The summed E-state index contributed by atoms with van der Waals surface area (Å²) in [4.78, 5) is 2.28. The van der Waals surface area contributed by atoms with Gasteiger partial charge in [-0.3, -0.25) is 14.4 Å². The molecule has 0 atom stereocenters. The zero-order valence-corrected chi connectivity index (χ0v) is 7.59. The minimum Gasteiger partial charge on any atom is -0.298 e. The van der Waals surface area contributed by atoms with Gasteiger partial charge in [-0.05, 0) is 6.42 Å². The number of hydrogen-bond donors (Lipinski definition) is 1. The second-order valence-corrected chi connectivity index (χ2v) is 3.44. The maximum atomic E-state index is 11.9. The Bertz CT molecular complexity index is 272. The summed E-state index contributed by atoms with van der Waals surface area (Å²) in [6.45, 7) is 2.59. The molecule has 13 heavy (non-hydrogen) atoms. The van der Waals surface area contributed by atoms with Gasteiger partial charge < -0.3 is 0 Å². The normalized spacial score (nSPS) is 17.3. The van der Waals surface area contributed by atoms with Gasteiger partial charge in [0.05, 0.1) is 12.9 Å².